The van der Waals surface area contributed by atoms with Gasteiger partial charge < -0.3 is 54.1 Å². The quantitative estimate of drug-likeness (QED) is 0.116. The minimum absolute atomic E-state index is 0.0748. The van der Waals surface area contributed by atoms with Crippen LogP contribution in [0.4, 0.5) is 9.59 Å². The summed E-state index contributed by atoms with van der Waals surface area (Å²) in [6, 6.07) is 11.8. The Hall–Kier alpha value is -6.20. The molecule has 2 saturated heterocycles. The summed E-state index contributed by atoms with van der Waals surface area (Å²) in [5.74, 6) is 1.57. The number of likely N-dealkylation sites (tertiary alicyclic amines) is 2. The van der Waals surface area contributed by atoms with E-state index in [-0.39, 0.29) is 36.0 Å². The molecule has 62 heavy (non-hydrogen) atoms. The van der Waals surface area contributed by atoms with Gasteiger partial charge in [0, 0.05) is 37.3 Å². The van der Waals surface area contributed by atoms with Gasteiger partial charge in [0.15, 0.2) is 0 Å². The van der Waals surface area contributed by atoms with Crippen molar-refractivity contribution in [3.63, 3.8) is 0 Å². The molecule has 0 aliphatic carbocycles. The monoisotopic (exact) mass is 850 g/mol. The third kappa shape index (κ3) is 7.67. The molecule has 17 heteroatoms. The van der Waals surface area contributed by atoms with E-state index in [1.807, 2.05) is 19.9 Å². The number of amides is 4. The maximum Gasteiger partial charge on any atom is 0.407 e. The zero-order valence-corrected chi connectivity index (χ0v) is 36.2. The Morgan fingerprint density at radius 2 is 1.37 bits per heavy atom. The van der Waals surface area contributed by atoms with Crippen molar-refractivity contribution in [1.29, 1.82) is 0 Å². The molecular formula is C45H54N8O9. The van der Waals surface area contributed by atoms with Crippen LogP contribution < -0.4 is 15.4 Å². The summed E-state index contributed by atoms with van der Waals surface area (Å²) in [5, 5.41) is 7.26. The van der Waals surface area contributed by atoms with Gasteiger partial charge in [-0.1, -0.05) is 18.2 Å². The number of H-pyrrole nitrogens is 2. The summed E-state index contributed by atoms with van der Waals surface area (Å²) in [6.45, 7) is 7.84. The molecule has 5 aromatic rings. The zero-order chi connectivity index (χ0) is 44.0. The molecule has 0 saturated carbocycles. The fourth-order valence-corrected chi connectivity index (χ4v) is 9.26. The van der Waals surface area contributed by atoms with E-state index in [4.69, 9.17) is 33.7 Å². The standard InChI is InChI=1S/C45H54N8O9/c1-22-9-15-34(52(22)42(54)37(24(3)58-5)50-44(56)60-7)40-46-20-33(48-40)27-11-13-29-28(17-27)21-62-36-19-30-26(18-31(29)36)12-14-32-39(30)49-41(47-32)35-16-10-23(2)53(35)43(55)38(25(4)59-6)51-45(57)61-8/h11-14,17-20,22-25,34-35,37-38H,9-10,15-16,21H2,1-8H3,(H,46,48)(H,47,49)(H,50,56)(H,51,57)/t22-,23-,24+,25+,34-,35-,37?,38?/m0/s1. The van der Waals surface area contributed by atoms with E-state index in [1.54, 1.807) is 29.8 Å². The molecular weight excluding hydrogens is 797 g/mol. The Bertz CT molecular complexity index is 2520. The van der Waals surface area contributed by atoms with E-state index in [9.17, 15) is 19.2 Å². The van der Waals surface area contributed by atoms with Crippen molar-refractivity contribution in [2.45, 2.75) is 108 Å². The van der Waals surface area contributed by atoms with E-state index in [2.05, 4.69) is 57.0 Å². The summed E-state index contributed by atoms with van der Waals surface area (Å²) in [6.07, 6.45) is 2.18. The van der Waals surface area contributed by atoms with Crippen LogP contribution in [0.25, 0.3) is 44.2 Å². The molecule has 5 heterocycles. The zero-order valence-electron chi connectivity index (χ0n) is 36.2. The smallest absolute Gasteiger partial charge is 0.407 e. The second-order valence-electron chi connectivity index (χ2n) is 16.5. The van der Waals surface area contributed by atoms with Crippen molar-refractivity contribution >= 4 is 45.8 Å². The summed E-state index contributed by atoms with van der Waals surface area (Å²) in [5.41, 5.74) is 6.43. The first kappa shape index (κ1) is 42.5. The Balaban J connectivity index is 1.04. The van der Waals surface area contributed by atoms with Crippen LogP contribution in [0.2, 0.25) is 0 Å². The molecule has 0 bridgehead atoms. The topological polar surface area (TPSA) is 202 Å². The van der Waals surface area contributed by atoms with E-state index >= 15 is 0 Å². The average Bonchev–Trinajstić information content (AvgIpc) is 4.11. The number of ether oxygens (including phenoxy) is 5. The highest BCUT2D eigenvalue weighted by Gasteiger charge is 2.44. The SMILES string of the molecule is COC(=O)NC(C(=O)N1[C@@H](C)CC[C@H]1c1ncc(-c2ccc3c(c2)COc2cc4c(ccc5nc([C@@H]6CC[C@H](C)N6C(=O)C(NC(=O)OC)[C@@H](C)OC)[nH]c54)cc2-3)[nH]1)[C@@H](C)OC. The lowest BCUT2D eigenvalue weighted by molar-refractivity contribution is -0.140. The van der Waals surface area contributed by atoms with E-state index in [0.717, 1.165) is 68.3 Å². The number of carbonyl (C=O) groups is 4. The molecule has 17 nitrogen and oxygen atoms in total. The molecule has 0 radical (unpaired) electrons. The number of carbonyl (C=O) groups excluding carboxylic acids is 4. The lowest BCUT2D eigenvalue weighted by Crippen LogP contribution is -2.55. The van der Waals surface area contributed by atoms with Crippen molar-refractivity contribution in [2.75, 3.05) is 28.4 Å². The van der Waals surface area contributed by atoms with Gasteiger partial charge in [-0.3, -0.25) is 9.59 Å². The molecule has 4 N–H and O–H groups in total. The molecule has 3 aliphatic heterocycles. The number of benzene rings is 3. The number of hydrogen-bond acceptors (Lipinski definition) is 11. The number of aromatic nitrogens is 4. The molecule has 3 aromatic carbocycles. The second-order valence-corrected chi connectivity index (χ2v) is 16.5. The van der Waals surface area contributed by atoms with Gasteiger partial charge in [0.1, 0.15) is 36.1 Å². The van der Waals surface area contributed by atoms with Crippen molar-refractivity contribution in [3.05, 3.63) is 65.9 Å². The van der Waals surface area contributed by atoms with Crippen molar-refractivity contribution in [1.82, 2.24) is 40.4 Å². The lowest BCUT2D eigenvalue weighted by Gasteiger charge is -2.33. The minimum atomic E-state index is -0.938. The number of hydrogen-bond donors (Lipinski definition) is 4. The third-order valence-electron chi connectivity index (χ3n) is 12.9. The number of nitrogens with zero attached hydrogens (tertiary/aromatic N) is 4. The van der Waals surface area contributed by atoms with E-state index in [1.165, 1.54) is 28.4 Å². The maximum atomic E-state index is 14.0. The first-order valence-corrected chi connectivity index (χ1v) is 21.0. The Morgan fingerprint density at radius 3 is 1.97 bits per heavy atom. The van der Waals surface area contributed by atoms with Crippen LogP contribution in [0.1, 0.15) is 82.7 Å². The molecule has 4 amide bonds. The third-order valence-corrected chi connectivity index (χ3v) is 12.9. The van der Waals surface area contributed by atoms with Crippen LogP contribution in [0.15, 0.2) is 48.7 Å². The normalized spacial score (nSPS) is 21.4. The number of aromatic amines is 2. The molecule has 8 rings (SSSR count). The van der Waals surface area contributed by atoms with E-state index in [0.29, 0.717) is 31.1 Å². The second kappa shape index (κ2) is 17.3. The lowest BCUT2D eigenvalue weighted by atomic mass is 9.92. The van der Waals surface area contributed by atoms with Gasteiger partial charge in [0.2, 0.25) is 11.8 Å². The Morgan fingerprint density at radius 1 is 0.758 bits per heavy atom. The fourth-order valence-electron chi connectivity index (χ4n) is 9.26. The van der Waals surface area contributed by atoms with Gasteiger partial charge in [-0.05, 0) is 99.7 Å². The van der Waals surface area contributed by atoms with Crippen LogP contribution in [-0.2, 0) is 35.1 Å². The molecule has 328 valence electrons. The highest BCUT2D eigenvalue weighted by atomic mass is 16.5. The molecule has 2 unspecified atom stereocenters. The number of nitrogens with one attached hydrogen (secondary N) is 4. The van der Waals surface area contributed by atoms with Crippen LogP contribution in [0, 0.1) is 0 Å². The van der Waals surface area contributed by atoms with Gasteiger partial charge in [-0.25, -0.2) is 19.6 Å². The van der Waals surface area contributed by atoms with Gasteiger partial charge in [-0.15, -0.1) is 0 Å². The van der Waals surface area contributed by atoms with Crippen LogP contribution in [-0.4, -0.2) is 119 Å². The summed E-state index contributed by atoms with van der Waals surface area (Å²) in [4.78, 5) is 72.7. The number of methoxy groups -OCH3 is 4. The Labute approximate surface area is 359 Å². The highest BCUT2D eigenvalue weighted by molar-refractivity contribution is 6.07. The van der Waals surface area contributed by atoms with Crippen molar-refractivity contribution < 1.29 is 42.9 Å². The molecule has 3 aliphatic rings. The minimum Gasteiger partial charge on any atom is -0.488 e. The van der Waals surface area contributed by atoms with Crippen LogP contribution in [0.3, 0.4) is 0 Å². The van der Waals surface area contributed by atoms with Gasteiger partial charge >= 0.3 is 12.2 Å². The predicted molar refractivity (Wildman–Crippen MR) is 229 cm³/mol. The summed E-state index contributed by atoms with van der Waals surface area (Å²) in [7, 11) is 5.52. The predicted octanol–water partition coefficient (Wildman–Crippen LogP) is 6.29. The number of imidazole rings is 2. The fraction of sp³-hybridized carbons (Fsp3) is 0.467. The molecule has 8 atom stereocenters. The largest absolute Gasteiger partial charge is 0.488 e. The van der Waals surface area contributed by atoms with Gasteiger partial charge in [0.05, 0.1) is 61.4 Å². The number of alkyl carbamates (subject to hydrolysis) is 2. The van der Waals surface area contributed by atoms with Gasteiger partial charge in [-0.2, -0.15) is 0 Å². The van der Waals surface area contributed by atoms with Crippen molar-refractivity contribution in [2.24, 2.45) is 0 Å². The van der Waals surface area contributed by atoms with Crippen molar-refractivity contribution in [3.8, 4) is 28.1 Å². The maximum absolute atomic E-state index is 14.0. The molecule has 2 fully saturated rings. The van der Waals surface area contributed by atoms with Gasteiger partial charge in [0.25, 0.3) is 0 Å². The van der Waals surface area contributed by atoms with E-state index < -0.39 is 36.5 Å². The number of rotatable bonds is 11. The molecule has 0 spiro atoms. The first-order chi connectivity index (χ1) is 29.8. The highest BCUT2D eigenvalue weighted by Crippen LogP contribution is 2.44. The first-order valence-electron chi connectivity index (χ1n) is 21.0. The molecule has 2 aromatic heterocycles. The Kier molecular flexibility index (Phi) is 11.8. The van der Waals surface area contributed by atoms with Crippen LogP contribution >= 0.6 is 0 Å². The average molecular weight is 851 g/mol. The van der Waals surface area contributed by atoms with Crippen LogP contribution in [0.5, 0.6) is 5.75 Å². The summed E-state index contributed by atoms with van der Waals surface area (Å²) < 4.78 is 27.0. The number of fused-ring (bicyclic) bond motifs is 6. The summed E-state index contributed by atoms with van der Waals surface area (Å²) >= 11 is 0.